The maximum Gasteiger partial charge on any atom is 0.193 e. The van der Waals surface area contributed by atoms with Gasteiger partial charge in [-0.2, -0.15) is 5.10 Å². The van der Waals surface area contributed by atoms with Crippen LogP contribution in [0.25, 0.3) is 0 Å². The molecule has 0 aliphatic carbocycles. The molecule has 0 spiro atoms. The number of benzene rings is 1. The zero-order valence-electron chi connectivity index (χ0n) is 13.8. The summed E-state index contributed by atoms with van der Waals surface area (Å²) < 4.78 is 1.82. The highest BCUT2D eigenvalue weighted by Gasteiger charge is 2.26. The smallest absolute Gasteiger partial charge is 0.193 e. The molecule has 0 amide bonds. The van der Waals surface area contributed by atoms with Crippen LogP contribution in [-0.2, 0) is 6.54 Å². The van der Waals surface area contributed by atoms with E-state index in [2.05, 4.69) is 56.5 Å². The molecule has 1 aliphatic rings. The van der Waals surface area contributed by atoms with Gasteiger partial charge in [0.05, 0.1) is 6.54 Å². The second-order valence-electron chi connectivity index (χ2n) is 5.92. The topological polar surface area (TPSA) is 58.3 Å². The molecule has 122 valence electrons. The van der Waals surface area contributed by atoms with Gasteiger partial charge in [-0.3, -0.25) is 9.67 Å². The summed E-state index contributed by atoms with van der Waals surface area (Å²) in [5, 5.41) is 7.53. The van der Waals surface area contributed by atoms with E-state index in [1.54, 1.807) is 12.7 Å². The van der Waals surface area contributed by atoms with Gasteiger partial charge in [0.25, 0.3) is 0 Å². The third-order valence-corrected chi connectivity index (χ3v) is 4.42. The van der Waals surface area contributed by atoms with Crippen LogP contribution in [0.1, 0.15) is 23.5 Å². The summed E-state index contributed by atoms with van der Waals surface area (Å²) in [4.78, 5) is 10.7. The fourth-order valence-electron chi connectivity index (χ4n) is 3.21. The molecule has 1 atom stereocenters. The lowest BCUT2D eigenvalue weighted by Gasteiger charge is -2.22. The maximum absolute atomic E-state index is 4.43. The van der Waals surface area contributed by atoms with Crippen LogP contribution >= 0.6 is 0 Å². The average Bonchev–Trinajstić information content (AvgIpc) is 3.24. The van der Waals surface area contributed by atoms with Crippen molar-refractivity contribution in [2.24, 2.45) is 4.99 Å². The van der Waals surface area contributed by atoms with E-state index in [-0.39, 0.29) is 0 Å². The largest absolute Gasteiger partial charge is 0.354 e. The number of nitrogens with one attached hydrogen (secondary N) is 1. The zero-order valence-corrected chi connectivity index (χ0v) is 13.8. The molecule has 2 heterocycles. The van der Waals surface area contributed by atoms with Crippen molar-refractivity contribution in [3.8, 4) is 0 Å². The monoisotopic (exact) mass is 312 g/mol. The maximum atomic E-state index is 4.43. The molecule has 2 aromatic rings. The predicted molar refractivity (Wildman–Crippen MR) is 91.5 cm³/mol. The van der Waals surface area contributed by atoms with Crippen molar-refractivity contribution in [3.63, 3.8) is 0 Å². The first-order valence-electron chi connectivity index (χ1n) is 8.11. The molecule has 1 aliphatic heterocycles. The summed E-state index contributed by atoms with van der Waals surface area (Å²) in [5.41, 5.74) is 2.85. The number of guanidine groups is 1. The molecular weight excluding hydrogens is 288 g/mol. The van der Waals surface area contributed by atoms with Crippen molar-refractivity contribution >= 4 is 5.96 Å². The lowest BCUT2D eigenvalue weighted by molar-refractivity contribution is 0.478. The molecule has 1 N–H and O–H groups in total. The Balaban J connectivity index is 1.55. The van der Waals surface area contributed by atoms with E-state index in [1.165, 1.54) is 17.5 Å². The molecule has 0 bridgehead atoms. The number of aryl methyl sites for hydroxylation is 1. The third kappa shape index (κ3) is 3.70. The Kier molecular flexibility index (Phi) is 4.90. The lowest BCUT2D eigenvalue weighted by Crippen LogP contribution is -2.41. The molecule has 1 unspecified atom stereocenters. The summed E-state index contributed by atoms with van der Waals surface area (Å²) in [6, 6.07) is 8.69. The zero-order chi connectivity index (χ0) is 16.1. The molecule has 23 heavy (non-hydrogen) atoms. The number of aromatic nitrogens is 3. The molecule has 1 fully saturated rings. The first kappa shape index (κ1) is 15.5. The van der Waals surface area contributed by atoms with Crippen molar-refractivity contribution in [3.05, 3.63) is 48.0 Å². The minimum absolute atomic E-state index is 0.588. The highest BCUT2D eigenvalue weighted by atomic mass is 15.3. The number of hydrogen-bond donors (Lipinski definition) is 1. The quantitative estimate of drug-likeness (QED) is 0.689. The van der Waals surface area contributed by atoms with Gasteiger partial charge < -0.3 is 10.2 Å². The Hall–Kier alpha value is -2.37. The molecule has 3 rings (SSSR count). The fraction of sp³-hybridized carbons (Fsp3) is 0.471. The van der Waals surface area contributed by atoms with E-state index in [0.717, 1.165) is 32.1 Å². The number of likely N-dealkylation sites (tertiary alicyclic amines) is 1. The first-order valence-corrected chi connectivity index (χ1v) is 8.11. The predicted octanol–water partition coefficient (Wildman–Crippen LogP) is 1.65. The van der Waals surface area contributed by atoms with Gasteiger partial charge in [0.2, 0.25) is 0 Å². The summed E-state index contributed by atoms with van der Waals surface area (Å²) in [5.74, 6) is 1.56. The van der Waals surface area contributed by atoms with Gasteiger partial charge in [-0.25, -0.2) is 4.98 Å². The highest BCUT2D eigenvalue weighted by molar-refractivity contribution is 5.80. The van der Waals surface area contributed by atoms with Crippen molar-refractivity contribution in [1.29, 1.82) is 0 Å². The van der Waals surface area contributed by atoms with Gasteiger partial charge >= 0.3 is 0 Å². The van der Waals surface area contributed by atoms with E-state index < -0.39 is 0 Å². The second-order valence-corrected chi connectivity index (χ2v) is 5.92. The molecule has 0 radical (unpaired) electrons. The van der Waals surface area contributed by atoms with Gasteiger partial charge in [0.1, 0.15) is 12.7 Å². The summed E-state index contributed by atoms with van der Waals surface area (Å²) in [6.07, 6.45) is 4.46. The van der Waals surface area contributed by atoms with Gasteiger partial charge in [-0.05, 0) is 24.5 Å². The molecule has 1 saturated heterocycles. The Morgan fingerprint density at radius 1 is 1.39 bits per heavy atom. The van der Waals surface area contributed by atoms with Gasteiger partial charge in [0, 0.05) is 32.6 Å². The van der Waals surface area contributed by atoms with Crippen molar-refractivity contribution in [1.82, 2.24) is 25.0 Å². The average molecular weight is 312 g/mol. The van der Waals surface area contributed by atoms with Gasteiger partial charge in [-0.15, -0.1) is 0 Å². The molecule has 6 nitrogen and oxygen atoms in total. The van der Waals surface area contributed by atoms with Crippen molar-refractivity contribution in [2.75, 3.05) is 26.7 Å². The molecule has 1 aromatic heterocycles. The van der Waals surface area contributed by atoms with E-state index in [1.807, 2.05) is 11.7 Å². The van der Waals surface area contributed by atoms with Crippen LogP contribution in [-0.4, -0.2) is 52.3 Å². The Labute approximate surface area is 137 Å². The Bertz CT molecular complexity index is 649. The van der Waals surface area contributed by atoms with Crippen LogP contribution in [0.5, 0.6) is 0 Å². The van der Waals surface area contributed by atoms with Crippen molar-refractivity contribution in [2.45, 2.75) is 25.8 Å². The summed E-state index contributed by atoms with van der Waals surface area (Å²) in [7, 11) is 1.85. The van der Waals surface area contributed by atoms with Crippen LogP contribution < -0.4 is 5.32 Å². The highest BCUT2D eigenvalue weighted by Crippen LogP contribution is 2.29. The lowest BCUT2D eigenvalue weighted by atomic mass is 9.94. The fourth-order valence-corrected chi connectivity index (χ4v) is 3.21. The minimum atomic E-state index is 0.588. The summed E-state index contributed by atoms with van der Waals surface area (Å²) in [6.45, 7) is 5.84. The molecule has 6 heteroatoms. The number of nitrogens with zero attached hydrogens (tertiary/aromatic N) is 5. The number of aliphatic imine (C=N–C) groups is 1. The Morgan fingerprint density at radius 3 is 3.00 bits per heavy atom. The molecule has 0 saturated carbocycles. The molecule has 1 aromatic carbocycles. The van der Waals surface area contributed by atoms with E-state index in [0.29, 0.717) is 5.92 Å². The van der Waals surface area contributed by atoms with Crippen LogP contribution in [0.2, 0.25) is 0 Å². The van der Waals surface area contributed by atoms with Crippen LogP contribution in [0, 0.1) is 6.92 Å². The SMILES string of the molecule is CN=C(NCCn1cncn1)N1CCC(c2ccccc2C)C1. The van der Waals surface area contributed by atoms with Crippen LogP contribution in [0.15, 0.2) is 41.9 Å². The minimum Gasteiger partial charge on any atom is -0.354 e. The molecular formula is C17H24N6. The summed E-state index contributed by atoms with van der Waals surface area (Å²) >= 11 is 0. The van der Waals surface area contributed by atoms with Gasteiger partial charge in [0.15, 0.2) is 5.96 Å². The number of rotatable bonds is 4. The van der Waals surface area contributed by atoms with Crippen LogP contribution in [0.3, 0.4) is 0 Å². The normalized spacial score (nSPS) is 18.4. The first-order chi connectivity index (χ1) is 11.3. The van der Waals surface area contributed by atoms with Crippen molar-refractivity contribution < 1.29 is 0 Å². The number of hydrogen-bond acceptors (Lipinski definition) is 3. The van der Waals surface area contributed by atoms with Gasteiger partial charge in [-0.1, -0.05) is 24.3 Å². The standard InChI is InChI=1S/C17H24N6/c1-14-5-3-4-6-16(14)15-7-9-22(11-15)17(18-2)20-8-10-23-13-19-12-21-23/h3-6,12-13,15H,7-11H2,1-2H3,(H,18,20). The van der Waals surface area contributed by atoms with E-state index >= 15 is 0 Å². The van der Waals surface area contributed by atoms with E-state index in [4.69, 9.17) is 0 Å². The third-order valence-electron chi connectivity index (χ3n) is 4.42. The van der Waals surface area contributed by atoms with E-state index in [9.17, 15) is 0 Å². The second kappa shape index (κ2) is 7.26. The Morgan fingerprint density at radius 2 is 2.26 bits per heavy atom. The van der Waals surface area contributed by atoms with Crippen LogP contribution in [0.4, 0.5) is 0 Å².